The van der Waals surface area contributed by atoms with Crippen LogP contribution in [0.1, 0.15) is 29.0 Å². The normalized spacial score (nSPS) is 21.8. The van der Waals surface area contributed by atoms with E-state index in [1.807, 2.05) is 60.8 Å². The molecular formula is C28H27N8O+. The lowest BCUT2D eigenvalue weighted by Gasteiger charge is -2.31. The molecule has 1 unspecified atom stereocenters. The SMILES string of the molecule is Cn1nc(C(=O)N2CCC(C3=C4C=NC=C[N+]4(N)C(c4cc5ccccc5[nH]4)=N3)CC2)c2ccccc21. The van der Waals surface area contributed by atoms with Crippen molar-refractivity contribution in [3.63, 3.8) is 0 Å². The van der Waals surface area contributed by atoms with Crippen molar-refractivity contribution < 1.29 is 9.39 Å². The van der Waals surface area contributed by atoms with Gasteiger partial charge in [0.15, 0.2) is 5.69 Å². The molecule has 0 spiro atoms. The molecule has 0 saturated carbocycles. The average molecular weight is 492 g/mol. The molecule has 0 aliphatic carbocycles. The fraction of sp³-hybridized carbons (Fsp3) is 0.214. The maximum Gasteiger partial charge on any atom is 0.281 e. The van der Waals surface area contributed by atoms with E-state index in [0.717, 1.165) is 57.6 Å². The Morgan fingerprint density at radius 1 is 1.11 bits per heavy atom. The second-order valence-corrected chi connectivity index (χ2v) is 9.89. The summed E-state index contributed by atoms with van der Waals surface area (Å²) in [7, 11) is 1.87. The summed E-state index contributed by atoms with van der Waals surface area (Å²) in [4.78, 5) is 28.3. The first-order chi connectivity index (χ1) is 18.0. The van der Waals surface area contributed by atoms with Crippen molar-refractivity contribution in [3.8, 4) is 0 Å². The van der Waals surface area contributed by atoms with Gasteiger partial charge in [0.05, 0.1) is 17.9 Å². The van der Waals surface area contributed by atoms with Crippen molar-refractivity contribution in [2.24, 2.45) is 28.8 Å². The molecule has 2 aromatic heterocycles. The molecule has 0 bridgehead atoms. The van der Waals surface area contributed by atoms with Gasteiger partial charge in [-0.15, -0.1) is 4.59 Å². The van der Waals surface area contributed by atoms with Crippen LogP contribution in [-0.2, 0) is 7.05 Å². The topological polar surface area (TPSA) is 105 Å². The quantitative estimate of drug-likeness (QED) is 0.336. The van der Waals surface area contributed by atoms with Crippen molar-refractivity contribution in [1.29, 1.82) is 0 Å². The molecule has 4 aromatic rings. The number of rotatable bonds is 3. The fourth-order valence-corrected chi connectivity index (χ4v) is 5.76. The van der Waals surface area contributed by atoms with Crippen LogP contribution in [0.3, 0.4) is 0 Å². The number of aliphatic imine (C=N–C) groups is 2. The number of carbonyl (C=O) groups excluding carboxylic acids is 1. The molecule has 3 aliphatic heterocycles. The molecule has 1 atom stereocenters. The Morgan fingerprint density at radius 2 is 1.89 bits per heavy atom. The highest BCUT2D eigenvalue weighted by atomic mass is 16.2. The minimum atomic E-state index is -0.0206. The number of amides is 1. The highest BCUT2D eigenvalue weighted by Gasteiger charge is 2.47. The number of aryl methyl sites for hydroxylation is 1. The lowest BCUT2D eigenvalue weighted by Crippen LogP contribution is -2.53. The lowest BCUT2D eigenvalue weighted by molar-refractivity contribution is -0.750. The molecule has 3 N–H and O–H groups in total. The van der Waals surface area contributed by atoms with Crippen LogP contribution in [0, 0.1) is 5.92 Å². The van der Waals surface area contributed by atoms with E-state index in [4.69, 9.17) is 10.8 Å². The van der Waals surface area contributed by atoms with Gasteiger partial charge in [-0.25, -0.2) is 0 Å². The smallest absolute Gasteiger partial charge is 0.281 e. The molecule has 5 heterocycles. The van der Waals surface area contributed by atoms with Gasteiger partial charge in [-0.2, -0.15) is 15.9 Å². The van der Waals surface area contributed by atoms with Gasteiger partial charge in [0, 0.05) is 42.3 Å². The molecule has 1 amide bonds. The van der Waals surface area contributed by atoms with Crippen molar-refractivity contribution >= 4 is 39.8 Å². The number of aromatic amines is 1. The first kappa shape index (κ1) is 21.9. The zero-order valence-electron chi connectivity index (χ0n) is 20.5. The Hall–Kier alpha value is -4.34. The Labute approximate surface area is 213 Å². The van der Waals surface area contributed by atoms with E-state index in [1.165, 1.54) is 0 Å². The Morgan fingerprint density at radius 3 is 2.73 bits per heavy atom. The molecule has 9 nitrogen and oxygen atoms in total. The third-order valence-electron chi connectivity index (χ3n) is 7.72. The number of piperidine rings is 1. The van der Waals surface area contributed by atoms with Crippen molar-refractivity contribution in [2.75, 3.05) is 13.1 Å². The first-order valence-electron chi connectivity index (χ1n) is 12.5. The van der Waals surface area contributed by atoms with E-state index >= 15 is 0 Å². The predicted molar refractivity (Wildman–Crippen MR) is 143 cm³/mol. The number of nitrogens with one attached hydrogen (secondary N) is 1. The number of amidine groups is 1. The largest absolute Gasteiger partial charge is 0.349 e. The van der Waals surface area contributed by atoms with E-state index in [2.05, 4.69) is 33.3 Å². The Balaban J connectivity index is 1.17. The van der Waals surface area contributed by atoms with Crippen LogP contribution in [0.4, 0.5) is 0 Å². The van der Waals surface area contributed by atoms with Crippen LogP contribution in [0.5, 0.6) is 0 Å². The Bertz CT molecular complexity index is 1660. The number of hydrogen-bond acceptors (Lipinski definition) is 5. The van der Waals surface area contributed by atoms with Gasteiger partial charge < -0.3 is 9.88 Å². The molecule has 184 valence electrons. The van der Waals surface area contributed by atoms with Crippen LogP contribution in [0.15, 0.2) is 88.4 Å². The molecule has 37 heavy (non-hydrogen) atoms. The number of benzene rings is 2. The molecular weight excluding hydrogens is 464 g/mol. The molecule has 0 radical (unpaired) electrons. The van der Waals surface area contributed by atoms with E-state index in [9.17, 15) is 4.79 Å². The third kappa shape index (κ3) is 3.32. The molecule has 7 rings (SSSR count). The van der Waals surface area contributed by atoms with Gasteiger partial charge in [0.1, 0.15) is 17.6 Å². The molecule has 2 aromatic carbocycles. The van der Waals surface area contributed by atoms with Gasteiger partial charge in [-0.05, 0) is 31.0 Å². The molecule has 9 heteroatoms. The maximum absolute atomic E-state index is 13.4. The molecule has 3 aliphatic rings. The monoisotopic (exact) mass is 491 g/mol. The number of nitrogens with zero attached hydrogens (tertiary/aromatic N) is 6. The molecule has 1 saturated heterocycles. The van der Waals surface area contributed by atoms with E-state index < -0.39 is 0 Å². The minimum Gasteiger partial charge on any atom is -0.349 e. The van der Waals surface area contributed by atoms with Crippen LogP contribution in [0.2, 0.25) is 0 Å². The van der Waals surface area contributed by atoms with Gasteiger partial charge in [-0.3, -0.25) is 14.5 Å². The Kier molecular flexibility index (Phi) is 4.79. The molecule has 1 fully saturated rings. The lowest BCUT2D eigenvalue weighted by atomic mass is 9.92. The van der Waals surface area contributed by atoms with Crippen molar-refractivity contribution in [2.45, 2.75) is 12.8 Å². The number of likely N-dealkylation sites (tertiary alicyclic amines) is 1. The zero-order chi connectivity index (χ0) is 25.1. The fourth-order valence-electron chi connectivity index (χ4n) is 5.76. The van der Waals surface area contributed by atoms with Crippen LogP contribution in [-0.4, -0.2) is 55.3 Å². The number of fused-ring (bicyclic) bond motifs is 3. The van der Waals surface area contributed by atoms with E-state index in [-0.39, 0.29) is 16.4 Å². The zero-order valence-corrected chi connectivity index (χ0v) is 20.5. The first-order valence-corrected chi connectivity index (χ1v) is 12.5. The summed E-state index contributed by atoms with van der Waals surface area (Å²) in [5.41, 5.74) is 5.26. The van der Waals surface area contributed by atoms with Crippen LogP contribution >= 0.6 is 0 Å². The van der Waals surface area contributed by atoms with Gasteiger partial charge >= 0.3 is 0 Å². The van der Waals surface area contributed by atoms with E-state index in [1.54, 1.807) is 10.9 Å². The van der Waals surface area contributed by atoms with Gasteiger partial charge in [0.2, 0.25) is 5.70 Å². The number of allylic oxidation sites excluding steroid dienone is 2. The standard InChI is InChI=1S/C28H27N8O/c1-34-23-9-5-3-7-20(23)26(33-34)28(37)35-13-10-18(11-14-35)25-24-17-30-12-15-36(24,29)27(32-25)22-16-19-6-2-4-8-21(19)31-22/h2-9,12,15-18,31H,10-11,13-14,29H2,1H3/q+1. The van der Waals surface area contributed by atoms with Gasteiger partial charge in [0.25, 0.3) is 11.7 Å². The van der Waals surface area contributed by atoms with Gasteiger partial charge in [-0.1, -0.05) is 36.4 Å². The summed E-state index contributed by atoms with van der Waals surface area (Å²) >= 11 is 0. The highest BCUT2D eigenvalue weighted by Crippen LogP contribution is 2.38. The predicted octanol–water partition coefficient (Wildman–Crippen LogP) is 3.82. The highest BCUT2D eigenvalue weighted by molar-refractivity contribution is 6.05. The van der Waals surface area contributed by atoms with E-state index in [0.29, 0.717) is 18.8 Å². The number of aromatic nitrogens is 3. The number of para-hydroxylation sites is 2. The summed E-state index contributed by atoms with van der Waals surface area (Å²) in [6.07, 6.45) is 7.03. The van der Waals surface area contributed by atoms with Crippen LogP contribution < -0.4 is 5.84 Å². The summed E-state index contributed by atoms with van der Waals surface area (Å²) in [6, 6.07) is 18.1. The number of H-pyrrole nitrogens is 1. The van der Waals surface area contributed by atoms with Crippen molar-refractivity contribution in [3.05, 3.63) is 89.8 Å². The second kappa shape index (κ2) is 8.09. The summed E-state index contributed by atoms with van der Waals surface area (Å²) in [5.74, 6) is 7.85. The number of nitrogens with two attached hydrogens (primary N) is 1. The number of carbonyl (C=O) groups is 1. The maximum atomic E-state index is 13.4. The number of quaternary nitrogens is 1. The average Bonchev–Trinajstić information content (AvgIpc) is 3.60. The number of hydrogen-bond donors (Lipinski definition) is 2. The summed E-state index contributed by atoms with van der Waals surface area (Å²) in [5, 5.41) is 6.54. The second-order valence-electron chi connectivity index (χ2n) is 9.89. The minimum absolute atomic E-state index is 0.00920. The van der Waals surface area contributed by atoms with Crippen molar-refractivity contribution in [1.82, 2.24) is 19.7 Å². The van der Waals surface area contributed by atoms with Crippen LogP contribution in [0.25, 0.3) is 21.8 Å². The summed E-state index contributed by atoms with van der Waals surface area (Å²) in [6.45, 7) is 1.28. The third-order valence-corrected chi connectivity index (χ3v) is 7.72. The summed E-state index contributed by atoms with van der Waals surface area (Å²) < 4.78 is 1.76.